The topological polar surface area (TPSA) is 56.1 Å². The van der Waals surface area contributed by atoms with Gasteiger partial charge in [0, 0.05) is 29.9 Å². The third-order valence-electron chi connectivity index (χ3n) is 4.74. The van der Waals surface area contributed by atoms with Crippen molar-refractivity contribution in [1.82, 2.24) is 0 Å². The molecule has 0 bridgehead atoms. The molecule has 0 fully saturated rings. The summed E-state index contributed by atoms with van der Waals surface area (Å²) in [5.41, 5.74) is 2.71. The average molecular weight is 369 g/mol. The molecule has 0 aliphatic heterocycles. The van der Waals surface area contributed by atoms with Crippen LogP contribution < -0.4 is 10.2 Å². The minimum absolute atomic E-state index is 0.0727. The van der Waals surface area contributed by atoms with E-state index in [4.69, 9.17) is 0 Å². The highest BCUT2D eigenvalue weighted by Gasteiger charge is 2.11. The number of hydrogen-bond donors (Lipinski definition) is 1. The van der Waals surface area contributed by atoms with E-state index in [0.29, 0.717) is 5.69 Å². The molecule has 4 nitrogen and oxygen atoms in total. The zero-order valence-corrected chi connectivity index (χ0v) is 16.1. The van der Waals surface area contributed by atoms with Crippen molar-refractivity contribution >= 4 is 34.1 Å². The summed E-state index contributed by atoms with van der Waals surface area (Å²) in [7, 11) is 0. The maximum Gasteiger partial charge on any atom is 0.266 e. The van der Waals surface area contributed by atoms with Gasteiger partial charge < -0.3 is 10.2 Å². The van der Waals surface area contributed by atoms with Crippen molar-refractivity contribution in [2.24, 2.45) is 0 Å². The standard InChI is InChI=1S/C24H23N3O/c1-3-27(4-2)21-14-12-18(13-15-21)16-20(17-25)24(28)26-23-11-7-9-19-8-5-6-10-22(19)23/h5-16H,3-4H2,1-2H3,(H,26,28). The van der Waals surface area contributed by atoms with Crippen molar-refractivity contribution < 1.29 is 4.79 Å². The van der Waals surface area contributed by atoms with Gasteiger partial charge in [0.1, 0.15) is 11.6 Å². The van der Waals surface area contributed by atoms with Gasteiger partial charge in [-0.2, -0.15) is 5.26 Å². The molecule has 0 saturated carbocycles. The Hall–Kier alpha value is -3.58. The Labute approximate surface area is 165 Å². The Morgan fingerprint density at radius 3 is 2.36 bits per heavy atom. The number of fused-ring (bicyclic) bond motifs is 1. The first-order valence-electron chi connectivity index (χ1n) is 9.42. The molecule has 0 saturated heterocycles. The lowest BCUT2D eigenvalue weighted by Gasteiger charge is -2.20. The largest absolute Gasteiger partial charge is 0.372 e. The van der Waals surface area contributed by atoms with Crippen LogP contribution in [-0.4, -0.2) is 19.0 Å². The second-order valence-corrected chi connectivity index (χ2v) is 6.41. The first-order valence-corrected chi connectivity index (χ1v) is 9.42. The molecule has 0 spiro atoms. The van der Waals surface area contributed by atoms with Gasteiger partial charge in [-0.25, -0.2) is 0 Å². The molecular weight excluding hydrogens is 346 g/mol. The lowest BCUT2D eigenvalue weighted by Crippen LogP contribution is -2.21. The molecule has 3 aromatic carbocycles. The first-order chi connectivity index (χ1) is 13.7. The van der Waals surface area contributed by atoms with E-state index in [-0.39, 0.29) is 5.57 Å². The molecule has 1 amide bonds. The second-order valence-electron chi connectivity index (χ2n) is 6.41. The zero-order chi connectivity index (χ0) is 19.9. The maximum atomic E-state index is 12.6. The molecule has 0 atom stereocenters. The summed E-state index contributed by atoms with van der Waals surface area (Å²) >= 11 is 0. The number of nitriles is 1. The molecule has 4 heteroatoms. The van der Waals surface area contributed by atoms with Crippen molar-refractivity contribution in [3.63, 3.8) is 0 Å². The van der Waals surface area contributed by atoms with Crippen molar-refractivity contribution in [3.8, 4) is 6.07 Å². The summed E-state index contributed by atoms with van der Waals surface area (Å²) in [5.74, 6) is -0.410. The quantitative estimate of drug-likeness (QED) is 0.478. The molecule has 0 aromatic heterocycles. The van der Waals surface area contributed by atoms with Gasteiger partial charge >= 0.3 is 0 Å². The van der Waals surface area contributed by atoms with Crippen molar-refractivity contribution in [1.29, 1.82) is 5.26 Å². The summed E-state index contributed by atoms with van der Waals surface area (Å²) in [5, 5.41) is 14.3. The fraction of sp³-hybridized carbons (Fsp3) is 0.167. The van der Waals surface area contributed by atoms with Crippen LogP contribution in [0, 0.1) is 11.3 Å². The Morgan fingerprint density at radius 2 is 1.68 bits per heavy atom. The molecule has 28 heavy (non-hydrogen) atoms. The van der Waals surface area contributed by atoms with Crippen LogP contribution in [0.25, 0.3) is 16.8 Å². The van der Waals surface area contributed by atoms with Gasteiger partial charge in [-0.1, -0.05) is 48.5 Å². The SMILES string of the molecule is CCN(CC)c1ccc(C=C(C#N)C(=O)Nc2cccc3ccccc23)cc1. The highest BCUT2D eigenvalue weighted by Crippen LogP contribution is 2.24. The van der Waals surface area contributed by atoms with E-state index in [1.165, 1.54) is 0 Å². The lowest BCUT2D eigenvalue weighted by atomic mass is 10.1. The highest BCUT2D eigenvalue weighted by molar-refractivity contribution is 6.12. The molecule has 0 radical (unpaired) electrons. The number of benzene rings is 3. The Morgan fingerprint density at radius 1 is 1.00 bits per heavy atom. The van der Waals surface area contributed by atoms with Crippen LogP contribution in [0.4, 0.5) is 11.4 Å². The van der Waals surface area contributed by atoms with Gasteiger partial charge in [-0.05, 0) is 49.1 Å². The summed E-state index contributed by atoms with van der Waals surface area (Å²) in [6.07, 6.45) is 1.62. The predicted octanol–water partition coefficient (Wildman–Crippen LogP) is 5.23. The molecule has 1 N–H and O–H groups in total. The van der Waals surface area contributed by atoms with Crippen LogP contribution in [0.5, 0.6) is 0 Å². The predicted molar refractivity (Wildman–Crippen MR) is 116 cm³/mol. The molecule has 3 rings (SSSR count). The summed E-state index contributed by atoms with van der Waals surface area (Å²) in [6, 6.07) is 23.4. The van der Waals surface area contributed by atoms with Crippen molar-refractivity contribution in [2.45, 2.75) is 13.8 Å². The van der Waals surface area contributed by atoms with E-state index in [1.807, 2.05) is 72.8 Å². The lowest BCUT2D eigenvalue weighted by molar-refractivity contribution is -0.112. The van der Waals surface area contributed by atoms with Crippen LogP contribution in [0.3, 0.4) is 0 Å². The summed E-state index contributed by atoms with van der Waals surface area (Å²) in [4.78, 5) is 14.9. The highest BCUT2D eigenvalue weighted by atomic mass is 16.1. The van der Waals surface area contributed by atoms with Gasteiger partial charge in [-0.15, -0.1) is 0 Å². The van der Waals surface area contributed by atoms with E-state index < -0.39 is 5.91 Å². The zero-order valence-electron chi connectivity index (χ0n) is 16.1. The monoisotopic (exact) mass is 369 g/mol. The minimum atomic E-state index is -0.410. The fourth-order valence-corrected chi connectivity index (χ4v) is 3.21. The number of anilines is 2. The van der Waals surface area contributed by atoms with Crippen molar-refractivity contribution in [3.05, 3.63) is 77.9 Å². The Kier molecular flexibility index (Phi) is 6.08. The van der Waals surface area contributed by atoms with E-state index in [9.17, 15) is 10.1 Å². The number of nitrogens with zero attached hydrogens (tertiary/aromatic N) is 2. The number of nitrogens with one attached hydrogen (secondary N) is 1. The van der Waals surface area contributed by atoms with E-state index in [0.717, 1.165) is 35.1 Å². The maximum absolute atomic E-state index is 12.6. The third kappa shape index (κ3) is 4.21. The van der Waals surface area contributed by atoms with Gasteiger partial charge in [0.15, 0.2) is 0 Å². The molecule has 0 aliphatic rings. The number of carbonyl (C=O) groups is 1. The van der Waals surface area contributed by atoms with Crippen LogP contribution in [-0.2, 0) is 4.79 Å². The number of carbonyl (C=O) groups excluding carboxylic acids is 1. The molecule has 3 aromatic rings. The fourth-order valence-electron chi connectivity index (χ4n) is 3.21. The Balaban J connectivity index is 1.82. The van der Waals surface area contributed by atoms with E-state index in [2.05, 4.69) is 24.1 Å². The van der Waals surface area contributed by atoms with Gasteiger partial charge in [-0.3, -0.25) is 4.79 Å². The van der Waals surface area contributed by atoms with E-state index in [1.54, 1.807) is 6.08 Å². The molecule has 0 aliphatic carbocycles. The van der Waals surface area contributed by atoms with Gasteiger partial charge in [0.2, 0.25) is 0 Å². The van der Waals surface area contributed by atoms with Crippen LogP contribution in [0.1, 0.15) is 19.4 Å². The smallest absolute Gasteiger partial charge is 0.266 e. The number of amides is 1. The van der Waals surface area contributed by atoms with Gasteiger partial charge in [0.05, 0.1) is 0 Å². The molecule has 0 unspecified atom stereocenters. The number of rotatable bonds is 6. The van der Waals surface area contributed by atoms with Crippen LogP contribution in [0.15, 0.2) is 72.3 Å². The molecular formula is C24H23N3O. The summed E-state index contributed by atoms with van der Waals surface area (Å²) < 4.78 is 0. The molecule has 140 valence electrons. The third-order valence-corrected chi connectivity index (χ3v) is 4.74. The minimum Gasteiger partial charge on any atom is -0.372 e. The normalized spacial score (nSPS) is 11.1. The van der Waals surface area contributed by atoms with Crippen LogP contribution in [0.2, 0.25) is 0 Å². The molecule has 0 heterocycles. The summed E-state index contributed by atoms with van der Waals surface area (Å²) in [6.45, 7) is 6.09. The second kappa shape index (κ2) is 8.88. The Bertz CT molecular complexity index is 1040. The van der Waals surface area contributed by atoms with Crippen LogP contribution >= 0.6 is 0 Å². The van der Waals surface area contributed by atoms with E-state index >= 15 is 0 Å². The first kappa shape index (κ1) is 19.2. The average Bonchev–Trinajstić information content (AvgIpc) is 2.74. The number of hydrogen-bond acceptors (Lipinski definition) is 3. The van der Waals surface area contributed by atoms with Crippen molar-refractivity contribution in [2.75, 3.05) is 23.3 Å². The van der Waals surface area contributed by atoms with Gasteiger partial charge in [0.25, 0.3) is 5.91 Å².